The Kier molecular flexibility index (Phi) is 5.96. The summed E-state index contributed by atoms with van der Waals surface area (Å²) in [6.45, 7) is 9.28. The molecular formula is C21H25F2N3O2. The Balaban J connectivity index is 1.71. The van der Waals surface area contributed by atoms with Crippen LogP contribution in [0.5, 0.6) is 11.5 Å². The number of hydrogen-bond donors (Lipinski definition) is 2. The van der Waals surface area contributed by atoms with E-state index in [0.29, 0.717) is 12.3 Å². The molecule has 3 rings (SSSR count). The van der Waals surface area contributed by atoms with Gasteiger partial charge in [0.05, 0.1) is 18.1 Å². The molecule has 28 heavy (non-hydrogen) atoms. The molecule has 1 saturated heterocycles. The number of benzene rings is 2. The Morgan fingerprint density at radius 1 is 1.21 bits per heavy atom. The lowest BCUT2D eigenvalue weighted by Gasteiger charge is -2.37. The van der Waals surface area contributed by atoms with Gasteiger partial charge in [-0.05, 0) is 63.1 Å². The topological polar surface area (TPSA) is 54.9 Å². The number of ether oxygens (including phenoxy) is 2. The van der Waals surface area contributed by atoms with Crippen LogP contribution in [0.2, 0.25) is 0 Å². The number of nitrogens with one attached hydrogen (secondary N) is 2. The van der Waals surface area contributed by atoms with Crippen LogP contribution < -0.4 is 15.4 Å². The molecule has 0 amide bonds. The number of aryl methyl sites for hydroxylation is 2. The van der Waals surface area contributed by atoms with Crippen LogP contribution in [0.1, 0.15) is 25.0 Å². The van der Waals surface area contributed by atoms with Gasteiger partial charge in [0, 0.05) is 19.2 Å². The van der Waals surface area contributed by atoms with E-state index in [1.54, 1.807) is 6.34 Å². The van der Waals surface area contributed by atoms with Crippen molar-refractivity contribution >= 4 is 12.0 Å². The molecule has 150 valence electrons. The summed E-state index contributed by atoms with van der Waals surface area (Å²) in [4.78, 5) is 4.50. The predicted octanol–water partition coefficient (Wildman–Crippen LogP) is 4.35. The largest absolute Gasteiger partial charge is 0.457 e. The van der Waals surface area contributed by atoms with Gasteiger partial charge < -0.3 is 20.1 Å². The normalized spacial score (nSPS) is 22.4. The Bertz CT molecular complexity index is 888. The first-order valence-corrected chi connectivity index (χ1v) is 9.19. The maximum atomic E-state index is 13.4. The first-order valence-electron chi connectivity index (χ1n) is 9.19. The second-order valence-corrected chi connectivity index (χ2v) is 7.27. The van der Waals surface area contributed by atoms with Crippen molar-refractivity contribution in [2.24, 2.45) is 4.99 Å². The summed E-state index contributed by atoms with van der Waals surface area (Å²) in [5, 5.41) is 6.52. The molecule has 1 fully saturated rings. The fourth-order valence-corrected chi connectivity index (χ4v) is 3.06. The number of rotatable bonds is 5. The van der Waals surface area contributed by atoms with E-state index in [9.17, 15) is 8.78 Å². The predicted molar refractivity (Wildman–Crippen MR) is 105 cm³/mol. The lowest BCUT2D eigenvalue weighted by Crippen LogP contribution is -2.58. The van der Waals surface area contributed by atoms with Crippen molar-refractivity contribution in [1.82, 2.24) is 10.6 Å². The highest BCUT2D eigenvalue weighted by Crippen LogP contribution is 2.32. The van der Waals surface area contributed by atoms with Gasteiger partial charge in [-0.3, -0.25) is 0 Å². The number of morpholine rings is 1. The van der Waals surface area contributed by atoms with Crippen LogP contribution in [0.25, 0.3) is 0 Å². The number of nitrogens with zero attached hydrogens (tertiary/aromatic N) is 1. The quantitative estimate of drug-likeness (QED) is 0.590. The summed E-state index contributed by atoms with van der Waals surface area (Å²) in [5.74, 6) is -1.04. The average Bonchev–Trinajstić information content (AvgIpc) is 2.62. The zero-order chi connectivity index (χ0) is 20.3. The smallest absolute Gasteiger partial charge is 0.162 e. The standard InChI is InChI=1S/C21H25F2N3O2/c1-13-8-20(27-16-5-6-17(22)18(23)9-16)14(2)7-19(13)25-12-26-21(4)11-24-10-15(3)28-21/h5-9,12,15,24H,10-11H2,1-4H3,(H,25,26). The van der Waals surface area contributed by atoms with Gasteiger partial charge in [-0.1, -0.05) is 0 Å². The average molecular weight is 389 g/mol. The molecule has 2 N–H and O–H groups in total. The van der Waals surface area contributed by atoms with Gasteiger partial charge in [0.15, 0.2) is 11.6 Å². The van der Waals surface area contributed by atoms with Gasteiger partial charge in [-0.2, -0.15) is 0 Å². The van der Waals surface area contributed by atoms with E-state index in [1.807, 2.05) is 39.8 Å². The molecule has 2 atom stereocenters. The Morgan fingerprint density at radius 3 is 2.71 bits per heavy atom. The van der Waals surface area contributed by atoms with E-state index in [1.165, 1.54) is 6.07 Å². The molecule has 0 saturated carbocycles. The van der Waals surface area contributed by atoms with Crippen LogP contribution in [0.4, 0.5) is 14.5 Å². The highest BCUT2D eigenvalue weighted by Gasteiger charge is 2.29. The van der Waals surface area contributed by atoms with Crippen LogP contribution in [0.3, 0.4) is 0 Å². The van der Waals surface area contributed by atoms with Crippen LogP contribution in [0, 0.1) is 25.5 Å². The molecule has 2 aromatic rings. The van der Waals surface area contributed by atoms with Crippen molar-refractivity contribution in [1.29, 1.82) is 0 Å². The zero-order valence-corrected chi connectivity index (χ0v) is 16.5. The summed E-state index contributed by atoms with van der Waals surface area (Å²) in [7, 11) is 0. The molecule has 1 aliphatic heterocycles. The molecule has 0 spiro atoms. The van der Waals surface area contributed by atoms with Gasteiger partial charge >= 0.3 is 0 Å². The van der Waals surface area contributed by atoms with E-state index >= 15 is 0 Å². The maximum absolute atomic E-state index is 13.4. The molecule has 1 heterocycles. The summed E-state index contributed by atoms with van der Waals surface area (Å²) >= 11 is 0. The molecule has 2 aromatic carbocycles. The van der Waals surface area contributed by atoms with Gasteiger partial charge in [0.25, 0.3) is 0 Å². The van der Waals surface area contributed by atoms with Crippen LogP contribution >= 0.6 is 0 Å². The summed E-state index contributed by atoms with van der Waals surface area (Å²) < 4.78 is 38.1. The maximum Gasteiger partial charge on any atom is 0.162 e. The van der Waals surface area contributed by atoms with Crippen LogP contribution in [-0.4, -0.2) is 31.3 Å². The Labute approximate surface area is 163 Å². The SMILES string of the molecule is Cc1cc(Oc2ccc(F)c(F)c2)c(C)cc1/N=C/NC1(C)CNCC(C)O1. The molecule has 7 heteroatoms. The lowest BCUT2D eigenvalue weighted by molar-refractivity contribution is -0.105. The minimum absolute atomic E-state index is 0.122. The van der Waals surface area contributed by atoms with Crippen molar-refractivity contribution in [3.8, 4) is 11.5 Å². The van der Waals surface area contributed by atoms with Crippen LogP contribution in [0.15, 0.2) is 35.3 Å². The summed E-state index contributed by atoms with van der Waals surface area (Å²) in [5.41, 5.74) is 1.99. The molecule has 5 nitrogen and oxygen atoms in total. The van der Waals surface area contributed by atoms with Gasteiger partial charge in [0.2, 0.25) is 0 Å². The molecule has 2 unspecified atom stereocenters. The lowest BCUT2D eigenvalue weighted by atomic mass is 10.1. The molecule has 0 radical (unpaired) electrons. The van der Waals surface area contributed by atoms with E-state index in [-0.39, 0.29) is 11.9 Å². The Morgan fingerprint density at radius 2 is 2.00 bits per heavy atom. The van der Waals surface area contributed by atoms with Crippen molar-refractivity contribution < 1.29 is 18.3 Å². The first-order chi connectivity index (χ1) is 13.3. The van der Waals surface area contributed by atoms with E-state index < -0.39 is 17.4 Å². The molecule has 1 aliphatic rings. The number of aliphatic imine (C=N–C) groups is 1. The summed E-state index contributed by atoms with van der Waals surface area (Å²) in [6.07, 6.45) is 1.76. The number of halogens is 2. The monoisotopic (exact) mass is 389 g/mol. The van der Waals surface area contributed by atoms with Crippen molar-refractivity contribution in [3.63, 3.8) is 0 Å². The van der Waals surface area contributed by atoms with Crippen molar-refractivity contribution in [2.75, 3.05) is 13.1 Å². The van der Waals surface area contributed by atoms with Crippen molar-refractivity contribution in [3.05, 3.63) is 53.1 Å². The second-order valence-electron chi connectivity index (χ2n) is 7.27. The third-order valence-corrected chi connectivity index (χ3v) is 4.54. The number of hydrogen-bond acceptors (Lipinski definition) is 4. The molecule has 0 aliphatic carbocycles. The van der Waals surface area contributed by atoms with E-state index in [2.05, 4.69) is 15.6 Å². The van der Waals surface area contributed by atoms with Gasteiger partial charge in [0.1, 0.15) is 17.2 Å². The van der Waals surface area contributed by atoms with Gasteiger partial charge in [-0.25, -0.2) is 13.8 Å². The fraction of sp³-hybridized carbons (Fsp3) is 0.381. The second kappa shape index (κ2) is 8.24. The van der Waals surface area contributed by atoms with Crippen LogP contribution in [-0.2, 0) is 4.74 Å². The highest BCUT2D eigenvalue weighted by atomic mass is 19.2. The Hall–Kier alpha value is -2.51. The molecule has 0 bridgehead atoms. The van der Waals surface area contributed by atoms with Gasteiger partial charge in [-0.15, -0.1) is 0 Å². The minimum atomic E-state index is -0.943. The fourth-order valence-electron chi connectivity index (χ4n) is 3.06. The van der Waals surface area contributed by atoms with E-state index in [0.717, 1.165) is 35.5 Å². The highest BCUT2D eigenvalue weighted by molar-refractivity contribution is 5.65. The third kappa shape index (κ3) is 4.85. The first kappa shape index (κ1) is 20.2. The summed E-state index contributed by atoms with van der Waals surface area (Å²) in [6, 6.07) is 7.17. The third-order valence-electron chi connectivity index (χ3n) is 4.54. The zero-order valence-electron chi connectivity index (χ0n) is 16.5. The van der Waals surface area contributed by atoms with E-state index in [4.69, 9.17) is 9.47 Å². The molecular weight excluding hydrogens is 364 g/mol. The molecule has 0 aromatic heterocycles. The van der Waals surface area contributed by atoms with Crippen molar-refractivity contribution in [2.45, 2.75) is 39.5 Å². The minimum Gasteiger partial charge on any atom is -0.457 e.